The van der Waals surface area contributed by atoms with Crippen LogP contribution < -0.4 is 0 Å². The average Bonchev–Trinajstić information content (AvgIpc) is 2.80. The predicted octanol–water partition coefficient (Wildman–Crippen LogP) is 4.72. The van der Waals surface area contributed by atoms with Crippen LogP contribution in [0.3, 0.4) is 0 Å². The molecule has 0 aliphatic rings. The van der Waals surface area contributed by atoms with Crippen LogP contribution in [0.25, 0.3) is 0 Å². The van der Waals surface area contributed by atoms with Crippen LogP contribution in [0.15, 0.2) is 0 Å². The Labute approximate surface area is 216 Å². The van der Waals surface area contributed by atoms with Gasteiger partial charge in [0.05, 0.1) is 39.3 Å². The third-order valence-corrected chi connectivity index (χ3v) is 5.06. The minimum Gasteiger partial charge on any atom is -0.466 e. The highest BCUT2D eigenvalue weighted by molar-refractivity contribution is 7.82. The van der Waals surface area contributed by atoms with Gasteiger partial charge in [0, 0.05) is 0 Å². The molecule has 0 saturated heterocycles. The lowest BCUT2D eigenvalue weighted by molar-refractivity contribution is -0.149. The molecule has 200 valence electrons. The van der Waals surface area contributed by atoms with Crippen molar-refractivity contribution in [3.05, 3.63) is 0 Å². The Balaban J connectivity index is 0. The number of hydrogen-bond donors (Lipinski definition) is 2. The summed E-state index contributed by atoms with van der Waals surface area (Å²) < 4.78 is 19.8. The normalized spacial score (nSPS) is 11.9. The highest BCUT2D eigenvalue weighted by atomic mass is 32.1. The molecule has 0 aromatic carbocycles. The van der Waals surface area contributed by atoms with Crippen LogP contribution in [0.1, 0.15) is 91.9 Å². The molecule has 0 rings (SSSR count). The number of hydrogen-bond acceptors (Lipinski definition) is 10. The van der Waals surface area contributed by atoms with Crippen molar-refractivity contribution in [2.45, 2.75) is 102 Å². The third kappa shape index (κ3) is 22.4. The molecule has 0 N–H and O–H groups in total. The van der Waals surface area contributed by atoms with E-state index in [1.165, 1.54) is 0 Å². The van der Waals surface area contributed by atoms with Crippen molar-refractivity contribution in [2.24, 2.45) is 0 Å². The van der Waals surface area contributed by atoms with E-state index < -0.39 is 34.4 Å². The summed E-state index contributed by atoms with van der Waals surface area (Å²) in [6.45, 7) is 9.63. The zero-order valence-electron chi connectivity index (χ0n) is 21.2. The molecule has 0 aliphatic heterocycles. The van der Waals surface area contributed by atoms with Gasteiger partial charge in [0.25, 0.3) is 0 Å². The smallest absolute Gasteiger partial charge is 0.319 e. The second-order valence-corrected chi connectivity index (χ2v) is 8.88. The molecule has 0 bridgehead atoms. The average molecular weight is 525 g/mol. The molecule has 2 unspecified atom stereocenters. The Bertz CT molecular complexity index is 509. The van der Waals surface area contributed by atoms with E-state index in [0.29, 0.717) is 26.4 Å². The van der Waals surface area contributed by atoms with Gasteiger partial charge < -0.3 is 18.9 Å². The first-order chi connectivity index (χ1) is 16.2. The molecule has 0 fully saturated rings. The lowest BCUT2D eigenvalue weighted by Gasteiger charge is -2.10. The van der Waals surface area contributed by atoms with Gasteiger partial charge in [-0.15, -0.1) is 0 Å². The monoisotopic (exact) mass is 524 g/mol. The molecular weight excluding hydrogens is 480 g/mol. The standard InChI is InChI=1S/2C12H22O4S/c2*1-3-5-7-15-11(13)9-10(17)12(14)16-8-6-4-2/h2*10,17H,3-9H2,1-2H3. The minimum absolute atomic E-state index is 0.0300. The summed E-state index contributed by atoms with van der Waals surface area (Å²) in [5.41, 5.74) is 0. The highest BCUT2D eigenvalue weighted by Crippen LogP contribution is 2.08. The Hall–Kier alpha value is -1.42. The van der Waals surface area contributed by atoms with Crippen molar-refractivity contribution in [1.29, 1.82) is 0 Å². The number of ether oxygens (including phenoxy) is 4. The molecule has 0 spiro atoms. The van der Waals surface area contributed by atoms with Crippen LogP contribution in [-0.2, 0) is 38.1 Å². The van der Waals surface area contributed by atoms with Crippen LogP contribution in [0, 0.1) is 0 Å². The molecule has 10 heteroatoms. The van der Waals surface area contributed by atoms with Crippen molar-refractivity contribution >= 4 is 49.1 Å². The molecule has 2 atom stereocenters. The van der Waals surface area contributed by atoms with Gasteiger partial charge in [0.15, 0.2) is 0 Å². The van der Waals surface area contributed by atoms with Crippen molar-refractivity contribution in [3.63, 3.8) is 0 Å². The van der Waals surface area contributed by atoms with Gasteiger partial charge in [-0.05, 0) is 25.7 Å². The Morgan fingerprint density at radius 2 is 0.794 bits per heavy atom. The van der Waals surface area contributed by atoms with Gasteiger partial charge in [0.2, 0.25) is 0 Å². The number of carbonyl (C=O) groups is 4. The molecule has 8 nitrogen and oxygen atoms in total. The second kappa shape index (κ2) is 24.7. The molecule has 0 aromatic heterocycles. The maximum Gasteiger partial charge on any atom is 0.319 e. The number of carbonyl (C=O) groups excluding carboxylic acids is 4. The SMILES string of the molecule is CCCCOC(=O)CC(S)C(=O)OCCCC.CCCCOC(=O)CC(S)C(=O)OCCCC. The van der Waals surface area contributed by atoms with Gasteiger partial charge in [-0.3, -0.25) is 19.2 Å². The highest BCUT2D eigenvalue weighted by Gasteiger charge is 2.21. The van der Waals surface area contributed by atoms with Gasteiger partial charge in [0.1, 0.15) is 10.5 Å². The van der Waals surface area contributed by atoms with E-state index >= 15 is 0 Å². The summed E-state index contributed by atoms with van der Waals surface area (Å²) in [6, 6.07) is 0. The predicted molar refractivity (Wildman–Crippen MR) is 138 cm³/mol. The van der Waals surface area contributed by atoms with Crippen LogP contribution in [-0.4, -0.2) is 60.8 Å². The number of esters is 4. The van der Waals surface area contributed by atoms with Crippen molar-refractivity contribution in [1.82, 2.24) is 0 Å². The molecule has 0 aliphatic carbocycles. The van der Waals surface area contributed by atoms with E-state index in [1.807, 2.05) is 27.7 Å². The van der Waals surface area contributed by atoms with Gasteiger partial charge in [-0.2, -0.15) is 25.3 Å². The fraction of sp³-hybridized carbons (Fsp3) is 0.833. The van der Waals surface area contributed by atoms with E-state index in [9.17, 15) is 19.2 Å². The van der Waals surface area contributed by atoms with E-state index in [0.717, 1.165) is 51.4 Å². The lowest BCUT2D eigenvalue weighted by atomic mass is 10.3. The Morgan fingerprint density at radius 3 is 1.06 bits per heavy atom. The largest absolute Gasteiger partial charge is 0.466 e. The fourth-order valence-electron chi connectivity index (χ4n) is 2.09. The van der Waals surface area contributed by atoms with Crippen molar-refractivity contribution < 1.29 is 38.1 Å². The fourth-order valence-corrected chi connectivity index (χ4v) is 2.53. The van der Waals surface area contributed by atoms with Gasteiger partial charge >= 0.3 is 23.9 Å². The Morgan fingerprint density at radius 1 is 0.529 bits per heavy atom. The number of thiol groups is 2. The zero-order valence-corrected chi connectivity index (χ0v) is 23.0. The quantitative estimate of drug-likeness (QED) is 0.115. The molecule has 34 heavy (non-hydrogen) atoms. The van der Waals surface area contributed by atoms with Crippen LogP contribution >= 0.6 is 25.3 Å². The molecule has 0 aromatic rings. The molecule has 0 saturated carbocycles. The summed E-state index contributed by atoms with van der Waals surface area (Å²) >= 11 is 8.07. The third-order valence-electron chi connectivity index (χ3n) is 4.27. The summed E-state index contributed by atoms with van der Waals surface area (Å²) in [5, 5.41) is -1.44. The maximum atomic E-state index is 11.4. The topological polar surface area (TPSA) is 105 Å². The number of rotatable bonds is 18. The second-order valence-electron chi connectivity index (χ2n) is 7.63. The first kappa shape index (κ1) is 34.7. The zero-order chi connectivity index (χ0) is 26.2. The van der Waals surface area contributed by atoms with E-state index in [1.54, 1.807) is 0 Å². The van der Waals surface area contributed by atoms with Gasteiger partial charge in [-0.25, -0.2) is 0 Å². The molecule has 0 heterocycles. The summed E-state index contributed by atoms with van der Waals surface area (Å²) in [7, 11) is 0. The van der Waals surface area contributed by atoms with Crippen LogP contribution in [0.2, 0.25) is 0 Å². The van der Waals surface area contributed by atoms with E-state index in [4.69, 9.17) is 18.9 Å². The minimum atomic E-state index is -0.721. The lowest BCUT2D eigenvalue weighted by Crippen LogP contribution is -2.23. The first-order valence-electron chi connectivity index (χ1n) is 12.2. The number of unbranched alkanes of at least 4 members (excludes halogenated alkanes) is 4. The molecular formula is C24H44O8S2. The van der Waals surface area contributed by atoms with Gasteiger partial charge in [-0.1, -0.05) is 53.4 Å². The molecule has 0 amide bonds. The van der Waals surface area contributed by atoms with E-state index in [2.05, 4.69) is 25.3 Å². The summed E-state index contributed by atoms with van der Waals surface area (Å²) in [4.78, 5) is 45.3. The summed E-state index contributed by atoms with van der Waals surface area (Å²) in [5.74, 6) is -1.69. The van der Waals surface area contributed by atoms with E-state index in [-0.39, 0.29) is 12.8 Å². The van der Waals surface area contributed by atoms with Crippen molar-refractivity contribution in [2.75, 3.05) is 26.4 Å². The Kier molecular flexibility index (Phi) is 25.2. The summed E-state index contributed by atoms with van der Waals surface area (Å²) in [6.07, 6.45) is 7.13. The molecule has 0 radical (unpaired) electrons. The van der Waals surface area contributed by atoms with Crippen molar-refractivity contribution in [3.8, 4) is 0 Å². The van der Waals surface area contributed by atoms with Crippen LogP contribution in [0.5, 0.6) is 0 Å². The first-order valence-corrected chi connectivity index (χ1v) is 13.3. The maximum absolute atomic E-state index is 11.4. The van der Waals surface area contributed by atoms with Crippen LogP contribution in [0.4, 0.5) is 0 Å².